The predicted octanol–water partition coefficient (Wildman–Crippen LogP) is 5.26. The number of halogens is 1. The van der Waals surface area contributed by atoms with Crippen LogP contribution in [0.15, 0.2) is 52.1 Å². The van der Waals surface area contributed by atoms with Gasteiger partial charge in [0.1, 0.15) is 11.5 Å². The summed E-state index contributed by atoms with van der Waals surface area (Å²) in [7, 11) is 3.19. The van der Waals surface area contributed by atoms with Gasteiger partial charge in [-0.3, -0.25) is 0 Å². The zero-order valence-electron chi connectivity index (χ0n) is 14.0. The van der Waals surface area contributed by atoms with E-state index in [4.69, 9.17) is 25.5 Å². The summed E-state index contributed by atoms with van der Waals surface area (Å²) in [6.45, 7) is 2.05. The van der Waals surface area contributed by atoms with E-state index in [1.54, 1.807) is 20.3 Å². The van der Waals surface area contributed by atoms with Crippen molar-refractivity contribution in [2.24, 2.45) is 0 Å². The molecule has 0 saturated heterocycles. The van der Waals surface area contributed by atoms with Gasteiger partial charge >= 0.3 is 0 Å². The van der Waals surface area contributed by atoms with Gasteiger partial charge in [-0.1, -0.05) is 41.6 Å². The van der Waals surface area contributed by atoms with Gasteiger partial charge < -0.3 is 13.9 Å². The lowest BCUT2D eigenvalue weighted by Gasteiger charge is -2.10. The second-order valence-corrected chi connectivity index (χ2v) is 6.92. The molecule has 2 aromatic carbocycles. The van der Waals surface area contributed by atoms with E-state index in [1.807, 2.05) is 43.3 Å². The molecule has 0 aliphatic carbocycles. The van der Waals surface area contributed by atoms with Gasteiger partial charge in [-0.25, -0.2) is 0 Å². The lowest BCUT2D eigenvalue weighted by molar-refractivity contribution is 0.393. The number of aromatic nitrogens is 2. The molecule has 1 aromatic heterocycles. The van der Waals surface area contributed by atoms with E-state index in [-0.39, 0.29) is 5.25 Å². The molecule has 0 spiro atoms. The van der Waals surface area contributed by atoms with Gasteiger partial charge in [-0.2, -0.15) is 0 Å². The number of rotatable bonds is 6. The van der Waals surface area contributed by atoms with Crippen molar-refractivity contribution in [2.75, 3.05) is 14.2 Å². The summed E-state index contributed by atoms with van der Waals surface area (Å²) < 4.78 is 16.4. The quantitative estimate of drug-likeness (QED) is 0.547. The highest BCUT2D eigenvalue weighted by atomic mass is 35.5. The van der Waals surface area contributed by atoms with Crippen molar-refractivity contribution in [3.8, 4) is 23.0 Å². The number of benzene rings is 2. The Morgan fingerprint density at radius 1 is 1.08 bits per heavy atom. The van der Waals surface area contributed by atoms with Crippen molar-refractivity contribution < 1.29 is 13.9 Å². The number of ether oxygens (including phenoxy) is 2. The summed E-state index contributed by atoms with van der Waals surface area (Å²) in [4.78, 5) is 0. The predicted molar refractivity (Wildman–Crippen MR) is 98.6 cm³/mol. The van der Waals surface area contributed by atoms with Crippen LogP contribution in [0.4, 0.5) is 0 Å². The Morgan fingerprint density at radius 2 is 1.88 bits per heavy atom. The summed E-state index contributed by atoms with van der Waals surface area (Å²) in [5.74, 6) is 1.70. The van der Waals surface area contributed by atoms with Crippen molar-refractivity contribution in [3.63, 3.8) is 0 Å². The van der Waals surface area contributed by atoms with Crippen LogP contribution in [-0.2, 0) is 0 Å². The van der Waals surface area contributed by atoms with Crippen LogP contribution in [0.3, 0.4) is 0 Å². The van der Waals surface area contributed by atoms with E-state index in [0.717, 1.165) is 10.6 Å². The number of hydrogen-bond acceptors (Lipinski definition) is 6. The van der Waals surface area contributed by atoms with Crippen LogP contribution in [0, 0.1) is 0 Å². The summed E-state index contributed by atoms with van der Waals surface area (Å²) in [5, 5.41) is 9.53. The summed E-state index contributed by atoms with van der Waals surface area (Å²) in [6.07, 6.45) is 0. The van der Waals surface area contributed by atoms with E-state index < -0.39 is 0 Å². The van der Waals surface area contributed by atoms with Crippen LogP contribution >= 0.6 is 23.4 Å². The Bertz CT molecular complexity index is 869. The minimum atomic E-state index is 0.0831. The van der Waals surface area contributed by atoms with Gasteiger partial charge in [-0.15, -0.1) is 10.2 Å². The van der Waals surface area contributed by atoms with Gasteiger partial charge in [0.25, 0.3) is 11.1 Å². The normalized spacial score (nSPS) is 12.0. The van der Waals surface area contributed by atoms with E-state index in [0.29, 0.717) is 28.2 Å². The zero-order valence-corrected chi connectivity index (χ0v) is 15.6. The molecule has 7 heteroatoms. The molecule has 0 radical (unpaired) electrons. The maximum atomic E-state index is 6.25. The highest BCUT2D eigenvalue weighted by Crippen LogP contribution is 2.39. The molecule has 3 aromatic rings. The average molecular weight is 377 g/mol. The fourth-order valence-electron chi connectivity index (χ4n) is 2.36. The van der Waals surface area contributed by atoms with Gasteiger partial charge in [-0.05, 0) is 30.7 Å². The fourth-order valence-corrected chi connectivity index (χ4v) is 3.57. The van der Waals surface area contributed by atoms with E-state index in [9.17, 15) is 0 Å². The number of methoxy groups -OCH3 is 2. The summed E-state index contributed by atoms with van der Waals surface area (Å²) in [6, 6.07) is 13.2. The molecule has 0 unspecified atom stereocenters. The van der Waals surface area contributed by atoms with Crippen LogP contribution in [0.2, 0.25) is 5.02 Å². The third kappa shape index (κ3) is 3.91. The molecule has 0 aliphatic heterocycles. The molecule has 25 heavy (non-hydrogen) atoms. The molecular weight excluding hydrogens is 360 g/mol. The molecule has 3 rings (SSSR count). The van der Waals surface area contributed by atoms with Gasteiger partial charge in [0.05, 0.1) is 19.8 Å². The first kappa shape index (κ1) is 17.6. The molecule has 5 nitrogen and oxygen atoms in total. The number of hydrogen-bond donors (Lipinski definition) is 0. The molecule has 0 bridgehead atoms. The average Bonchev–Trinajstić information content (AvgIpc) is 3.09. The van der Waals surface area contributed by atoms with Crippen molar-refractivity contribution >= 4 is 23.4 Å². The molecule has 0 amide bonds. The first-order valence-corrected chi connectivity index (χ1v) is 8.85. The largest absolute Gasteiger partial charge is 0.497 e. The van der Waals surface area contributed by atoms with Crippen molar-refractivity contribution in [1.82, 2.24) is 10.2 Å². The first-order valence-electron chi connectivity index (χ1n) is 7.59. The Morgan fingerprint density at radius 3 is 2.60 bits per heavy atom. The Kier molecular flexibility index (Phi) is 5.50. The number of nitrogens with zero attached hydrogens (tertiary/aromatic N) is 2. The van der Waals surface area contributed by atoms with Crippen LogP contribution in [-0.4, -0.2) is 24.4 Å². The van der Waals surface area contributed by atoms with Crippen LogP contribution in [0.5, 0.6) is 11.5 Å². The second-order valence-electron chi connectivity index (χ2n) is 5.22. The van der Waals surface area contributed by atoms with E-state index in [1.165, 1.54) is 11.8 Å². The number of thioether (sulfide) groups is 1. The molecular formula is C18H17ClN2O3S. The van der Waals surface area contributed by atoms with Crippen molar-refractivity contribution in [3.05, 3.63) is 53.1 Å². The third-order valence-corrected chi connectivity index (χ3v) is 4.98. The molecule has 1 atom stereocenters. The molecule has 1 heterocycles. The van der Waals surface area contributed by atoms with E-state index in [2.05, 4.69) is 10.2 Å². The monoisotopic (exact) mass is 376 g/mol. The van der Waals surface area contributed by atoms with E-state index >= 15 is 0 Å². The van der Waals surface area contributed by atoms with Crippen molar-refractivity contribution in [2.45, 2.75) is 17.4 Å². The SMILES string of the molecule is COc1ccc(-c2nnc(S[C@H](C)c3ccccc3Cl)o2)c(OC)c1. The first-order chi connectivity index (χ1) is 12.1. The third-order valence-electron chi connectivity index (χ3n) is 3.67. The Balaban J connectivity index is 1.82. The fraction of sp³-hybridized carbons (Fsp3) is 0.222. The van der Waals surface area contributed by atoms with Crippen LogP contribution in [0.1, 0.15) is 17.7 Å². The summed E-state index contributed by atoms with van der Waals surface area (Å²) >= 11 is 7.70. The summed E-state index contributed by atoms with van der Waals surface area (Å²) in [5.41, 5.74) is 1.74. The molecule has 0 aliphatic rings. The molecule has 130 valence electrons. The molecule has 0 N–H and O–H groups in total. The van der Waals surface area contributed by atoms with Gasteiger partial charge in [0.15, 0.2) is 0 Å². The molecule has 0 saturated carbocycles. The smallest absolute Gasteiger partial charge is 0.277 e. The maximum Gasteiger partial charge on any atom is 0.277 e. The minimum Gasteiger partial charge on any atom is -0.497 e. The Hall–Kier alpha value is -2.18. The van der Waals surface area contributed by atoms with Crippen LogP contribution in [0.25, 0.3) is 11.5 Å². The maximum absolute atomic E-state index is 6.25. The minimum absolute atomic E-state index is 0.0831. The topological polar surface area (TPSA) is 57.4 Å². The second kappa shape index (κ2) is 7.80. The van der Waals surface area contributed by atoms with Crippen LogP contribution < -0.4 is 9.47 Å². The lowest BCUT2D eigenvalue weighted by atomic mass is 10.2. The van der Waals surface area contributed by atoms with Gasteiger partial charge in [0, 0.05) is 16.3 Å². The Labute approximate surface area is 155 Å². The molecule has 0 fully saturated rings. The highest BCUT2D eigenvalue weighted by molar-refractivity contribution is 7.99. The van der Waals surface area contributed by atoms with Gasteiger partial charge in [0.2, 0.25) is 0 Å². The lowest BCUT2D eigenvalue weighted by Crippen LogP contribution is -1.90. The zero-order chi connectivity index (χ0) is 17.8. The standard InChI is InChI=1S/C18H17ClN2O3S/c1-11(13-6-4-5-7-15(13)19)25-18-21-20-17(24-18)14-9-8-12(22-2)10-16(14)23-3/h4-11H,1-3H3/t11-/m1/s1. The van der Waals surface area contributed by atoms with Crippen molar-refractivity contribution in [1.29, 1.82) is 0 Å². The highest BCUT2D eigenvalue weighted by Gasteiger charge is 2.18.